The van der Waals surface area contributed by atoms with E-state index in [0.717, 1.165) is 5.56 Å². The summed E-state index contributed by atoms with van der Waals surface area (Å²) in [6.07, 6.45) is 5.85. The fourth-order valence-corrected chi connectivity index (χ4v) is 4.07. The van der Waals surface area contributed by atoms with Crippen LogP contribution in [0.25, 0.3) is 5.82 Å². The van der Waals surface area contributed by atoms with E-state index in [4.69, 9.17) is 5.73 Å². The van der Waals surface area contributed by atoms with Crippen LogP contribution >= 0.6 is 0 Å². The molecule has 0 radical (unpaired) electrons. The molecule has 1 saturated heterocycles. The second-order valence-corrected chi connectivity index (χ2v) is 8.08. The van der Waals surface area contributed by atoms with Gasteiger partial charge in [-0.3, -0.25) is 0 Å². The van der Waals surface area contributed by atoms with Crippen LogP contribution in [0.1, 0.15) is 29.8 Å². The Bertz CT molecular complexity index is 1210. The predicted octanol–water partition coefficient (Wildman–Crippen LogP) is 1.43. The minimum Gasteiger partial charge on any atom is -0.374 e. The Morgan fingerprint density at radius 2 is 2.03 bits per heavy atom. The first kappa shape index (κ1) is 21.9. The first-order valence-electron chi connectivity index (χ1n) is 10.9. The van der Waals surface area contributed by atoms with Crippen molar-refractivity contribution in [1.82, 2.24) is 29.7 Å². The molecule has 1 aromatic carbocycles. The molecule has 2 atom stereocenters. The molecule has 2 aromatic heterocycles. The number of halogens is 1. The molecule has 12 heteroatoms. The summed E-state index contributed by atoms with van der Waals surface area (Å²) in [4.78, 5) is 25.8. The quantitative estimate of drug-likeness (QED) is 0.558. The number of hydrazone groups is 1. The lowest BCUT2D eigenvalue weighted by atomic mass is 10.0. The number of rotatable bonds is 4. The van der Waals surface area contributed by atoms with Crippen molar-refractivity contribution in [2.24, 2.45) is 10.8 Å². The van der Waals surface area contributed by atoms with Crippen LogP contribution in [0.5, 0.6) is 0 Å². The van der Waals surface area contributed by atoms with E-state index in [2.05, 4.69) is 20.2 Å². The van der Waals surface area contributed by atoms with Crippen molar-refractivity contribution >= 4 is 18.2 Å². The molecule has 34 heavy (non-hydrogen) atoms. The van der Waals surface area contributed by atoms with Gasteiger partial charge in [0.15, 0.2) is 5.82 Å². The van der Waals surface area contributed by atoms with Crippen LogP contribution < -0.4 is 10.6 Å². The molecule has 0 aliphatic carbocycles. The van der Waals surface area contributed by atoms with E-state index in [1.807, 2.05) is 11.0 Å². The van der Waals surface area contributed by atoms with E-state index < -0.39 is 6.23 Å². The number of carbonyl (C=O) groups excluding carboxylic acids is 1. The third-order valence-electron chi connectivity index (χ3n) is 5.90. The van der Waals surface area contributed by atoms with Crippen LogP contribution in [0.3, 0.4) is 0 Å². The number of aliphatic hydroxyl groups is 1. The number of aromatic nitrogens is 4. The number of benzene rings is 1. The molecule has 11 nitrogen and oxygen atoms in total. The van der Waals surface area contributed by atoms with Crippen molar-refractivity contribution in [1.29, 1.82) is 0 Å². The summed E-state index contributed by atoms with van der Waals surface area (Å²) < 4.78 is 15.2. The topological polar surface area (TPSA) is 129 Å². The van der Waals surface area contributed by atoms with E-state index in [1.165, 1.54) is 28.0 Å². The van der Waals surface area contributed by atoms with Gasteiger partial charge in [-0.05, 0) is 17.7 Å². The zero-order valence-corrected chi connectivity index (χ0v) is 18.3. The van der Waals surface area contributed by atoms with Gasteiger partial charge in [0.25, 0.3) is 0 Å². The first-order chi connectivity index (χ1) is 16.5. The smallest absolute Gasteiger partial charge is 0.341 e. The molecule has 2 aliphatic heterocycles. The molecular weight excluding hydrogens is 441 g/mol. The molecule has 5 rings (SSSR count). The fourth-order valence-electron chi connectivity index (χ4n) is 4.07. The van der Waals surface area contributed by atoms with Gasteiger partial charge in [0.2, 0.25) is 5.95 Å². The summed E-state index contributed by atoms with van der Waals surface area (Å²) in [5.74, 6) is 0.727. The normalized spacial score (nSPS) is 19.0. The number of carbonyl (C=O) groups is 1. The van der Waals surface area contributed by atoms with Gasteiger partial charge in [0, 0.05) is 62.8 Å². The van der Waals surface area contributed by atoms with Gasteiger partial charge >= 0.3 is 6.03 Å². The Kier molecular flexibility index (Phi) is 5.90. The van der Waals surface area contributed by atoms with Crippen molar-refractivity contribution in [3.05, 3.63) is 65.9 Å². The van der Waals surface area contributed by atoms with E-state index in [-0.39, 0.29) is 17.9 Å². The number of amides is 2. The molecule has 0 spiro atoms. The van der Waals surface area contributed by atoms with E-state index in [1.54, 1.807) is 35.6 Å². The number of aliphatic hydroxyl groups excluding tert-OH is 1. The van der Waals surface area contributed by atoms with Gasteiger partial charge in [0.05, 0.1) is 12.2 Å². The number of piperazine rings is 1. The molecule has 1 fully saturated rings. The summed E-state index contributed by atoms with van der Waals surface area (Å²) in [5.41, 5.74) is 6.68. The third-order valence-corrected chi connectivity index (χ3v) is 5.90. The second-order valence-electron chi connectivity index (χ2n) is 8.08. The molecule has 1 unspecified atom stereocenters. The largest absolute Gasteiger partial charge is 0.374 e. The van der Waals surface area contributed by atoms with Crippen molar-refractivity contribution in [2.75, 3.05) is 31.1 Å². The van der Waals surface area contributed by atoms with Gasteiger partial charge in [-0.25, -0.2) is 23.9 Å². The molecule has 3 aromatic rings. The Balaban J connectivity index is 1.24. The Hall–Kier alpha value is -3.90. The SMILES string of the molecule is NC(O)c1cnn(-c2ccnc(N3CCN(C(=O)N4N=CC[C@H]4c4cccc(F)c4)CC3)n2)c1. The number of hydrogen-bond donors (Lipinski definition) is 2. The fraction of sp³-hybridized carbons (Fsp3) is 0.318. The highest BCUT2D eigenvalue weighted by Gasteiger charge is 2.33. The highest BCUT2D eigenvalue weighted by molar-refractivity contribution is 5.78. The second kappa shape index (κ2) is 9.15. The molecule has 3 N–H and O–H groups in total. The van der Waals surface area contributed by atoms with Gasteiger partial charge in [0.1, 0.15) is 12.0 Å². The number of anilines is 1. The van der Waals surface area contributed by atoms with Gasteiger partial charge in [-0.2, -0.15) is 15.2 Å². The van der Waals surface area contributed by atoms with Crippen LogP contribution in [0.2, 0.25) is 0 Å². The molecule has 2 aliphatic rings. The summed E-state index contributed by atoms with van der Waals surface area (Å²) in [7, 11) is 0. The molecule has 0 bridgehead atoms. The van der Waals surface area contributed by atoms with E-state index >= 15 is 0 Å². The molecule has 4 heterocycles. The summed E-state index contributed by atoms with van der Waals surface area (Å²) in [5, 5.41) is 19.4. The zero-order chi connectivity index (χ0) is 23.7. The van der Waals surface area contributed by atoms with Gasteiger partial charge in [-0.15, -0.1) is 0 Å². The standard InChI is InChI=1S/C22H24FN9O2/c23-17-3-1-2-15(12-17)18-4-7-26-32(18)22(34)30-10-8-29(9-11-30)21-25-6-5-19(28-21)31-14-16(13-27-31)20(24)33/h1-3,5-7,12-14,18,20,33H,4,8-11,24H2/t18-,20?/m0/s1. The number of nitrogens with zero attached hydrogens (tertiary/aromatic N) is 8. The minimum atomic E-state index is -1.11. The van der Waals surface area contributed by atoms with Gasteiger partial charge in [-0.1, -0.05) is 12.1 Å². The van der Waals surface area contributed by atoms with Crippen molar-refractivity contribution in [2.45, 2.75) is 18.7 Å². The molecule has 2 amide bonds. The van der Waals surface area contributed by atoms with Crippen molar-refractivity contribution < 1.29 is 14.3 Å². The number of hydrogen-bond acceptors (Lipinski definition) is 8. The van der Waals surface area contributed by atoms with Crippen molar-refractivity contribution in [3.8, 4) is 5.82 Å². The lowest BCUT2D eigenvalue weighted by Crippen LogP contribution is -2.52. The summed E-state index contributed by atoms with van der Waals surface area (Å²) >= 11 is 0. The Morgan fingerprint density at radius 1 is 1.21 bits per heavy atom. The average molecular weight is 465 g/mol. The van der Waals surface area contributed by atoms with Gasteiger partial charge < -0.3 is 20.6 Å². The lowest BCUT2D eigenvalue weighted by Gasteiger charge is -2.37. The zero-order valence-electron chi connectivity index (χ0n) is 18.3. The summed E-state index contributed by atoms with van der Waals surface area (Å²) in [6.45, 7) is 2.03. The highest BCUT2D eigenvalue weighted by atomic mass is 19.1. The predicted molar refractivity (Wildman–Crippen MR) is 122 cm³/mol. The lowest BCUT2D eigenvalue weighted by molar-refractivity contribution is 0.139. The van der Waals surface area contributed by atoms with Crippen LogP contribution in [-0.2, 0) is 0 Å². The summed E-state index contributed by atoms with van der Waals surface area (Å²) in [6, 6.07) is 7.46. The van der Waals surface area contributed by atoms with E-state index in [0.29, 0.717) is 49.9 Å². The Labute approximate surface area is 194 Å². The third kappa shape index (κ3) is 4.32. The molecule has 176 valence electrons. The van der Waals surface area contributed by atoms with Crippen molar-refractivity contribution in [3.63, 3.8) is 0 Å². The van der Waals surface area contributed by atoms with Crippen LogP contribution in [-0.4, -0.2) is 73.2 Å². The monoisotopic (exact) mass is 465 g/mol. The highest BCUT2D eigenvalue weighted by Crippen LogP contribution is 2.30. The van der Waals surface area contributed by atoms with Crippen LogP contribution in [0.15, 0.2) is 54.0 Å². The van der Waals surface area contributed by atoms with Crippen LogP contribution in [0.4, 0.5) is 15.1 Å². The maximum atomic E-state index is 13.7. The van der Waals surface area contributed by atoms with Crippen LogP contribution in [0, 0.1) is 5.82 Å². The number of urea groups is 1. The first-order valence-corrected chi connectivity index (χ1v) is 10.9. The maximum Gasteiger partial charge on any atom is 0.341 e. The molecule has 0 saturated carbocycles. The average Bonchev–Trinajstić information content (AvgIpc) is 3.54. The Morgan fingerprint density at radius 3 is 2.76 bits per heavy atom. The number of nitrogens with two attached hydrogens (primary N) is 1. The molecular formula is C22H24FN9O2. The minimum absolute atomic E-state index is 0.207. The maximum absolute atomic E-state index is 13.7. The van der Waals surface area contributed by atoms with E-state index in [9.17, 15) is 14.3 Å².